The molecule has 0 radical (unpaired) electrons. The Kier molecular flexibility index (Phi) is 7.03. The number of amides is 1. The molecular formula is C14H20ClNO3S2. The second-order valence-electron chi connectivity index (χ2n) is 5.56. The zero-order valence-corrected chi connectivity index (χ0v) is 14.8. The predicted octanol–water partition coefficient (Wildman–Crippen LogP) is 3.74. The van der Waals surface area contributed by atoms with E-state index in [4.69, 9.17) is 16.7 Å². The van der Waals surface area contributed by atoms with E-state index in [1.165, 1.54) is 23.1 Å². The Bertz CT molecular complexity index is 497. The van der Waals surface area contributed by atoms with Crippen LogP contribution in [-0.2, 0) is 15.3 Å². The maximum Gasteiger partial charge on any atom is 0.305 e. The van der Waals surface area contributed by atoms with Crippen molar-refractivity contribution in [2.75, 3.05) is 12.3 Å². The fraction of sp³-hybridized carbons (Fsp3) is 0.571. The van der Waals surface area contributed by atoms with E-state index in [0.29, 0.717) is 5.75 Å². The number of thioether (sulfide) groups is 1. The van der Waals surface area contributed by atoms with E-state index in [2.05, 4.69) is 0 Å². The topological polar surface area (TPSA) is 57.6 Å². The van der Waals surface area contributed by atoms with E-state index in [9.17, 15) is 9.59 Å². The maximum absolute atomic E-state index is 12.3. The van der Waals surface area contributed by atoms with Crippen molar-refractivity contribution in [3.8, 4) is 0 Å². The number of carbonyl (C=O) groups is 2. The molecule has 0 aromatic carbocycles. The van der Waals surface area contributed by atoms with Crippen LogP contribution >= 0.6 is 34.7 Å². The lowest BCUT2D eigenvalue weighted by Gasteiger charge is -2.35. The summed E-state index contributed by atoms with van der Waals surface area (Å²) in [5.41, 5.74) is -0.376. The summed E-state index contributed by atoms with van der Waals surface area (Å²) in [5, 5.41) is 8.78. The third-order valence-electron chi connectivity index (χ3n) is 2.76. The van der Waals surface area contributed by atoms with Crippen molar-refractivity contribution in [1.29, 1.82) is 0 Å². The monoisotopic (exact) mass is 349 g/mol. The van der Waals surface area contributed by atoms with Gasteiger partial charge in [-0.2, -0.15) is 0 Å². The molecule has 0 aliphatic heterocycles. The Labute approximate surface area is 138 Å². The third-order valence-corrected chi connectivity index (χ3v) is 5.14. The summed E-state index contributed by atoms with van der Waals surface area (Å²) in [6.45, 7) is 5.98. The van der Waals surface area contributed by atoms with Gasteiger partial charge in [-0.1, -0.05) is 11.6 Å². The number of hydrogen-bond acceptors (Lipinski definition) is 4. The molecule has 1 aromatic rings. The molecule has 21 heavy (non-hydrogen) atoms. The van der Waals surface area contributed by atoms with Crippen LogP contribution in [0.25, 0.3) is 0 Å². The third kappa shape index (κ3) is 6.72. The second kappa shape index (κ2) is 8.06. The number of carboxylic acids is 1. The molecule has 1 amide bonds. The summed E-state index contributed by atoms with van der Waals surface area (Å²) in [6, 6.07) is 3.80. The lowest BCUT2D eigenvalue weighted by molar-refractivity contribution is -0.139. The highest BCUT2D eigenvalue weighted by atomic mass is 35.5. The van der Waals surface area contributed by atoms with Gasteiger partial charge in [0, 0.05) is 22.7 Å². The lowest BCUT2D eigenvalue weighted by Crippen LogP contribution is -2.47. The van der Waals surface area contributed by atoms with Crippen LogP contribution in [0.3, 0.4) is 0 Å². The van der Waals surface area contributed by atoms with Crippen LogP contribution in [0.1, 0.15) is 32.1 Å². The number of hydrogen-bond donors (Lipinski definition) is 1. The summed E-state index contributed by atoms with van der Waals surface area (Å²) in [5.74, 6) is 0.154. The highest BCUT2D eigenvalue weighted by Crippen LogP contribution is 2.25. The average Bonchev–Trinajstić information content (AvgIpc) is 2.73. The Morgan fingerprint density at radius 1 is 1.38 bits per heavy atom. The van der Waals surface area contributed by atoms with Gasteiger partial charge in [0.15, 0.2) is 0 Å². The SMILES string of the molecule is CC(C)(C)N(CCC(=O)O)C(=O)CSCc1ccc(Cl)s1. The van der Waals surface area contributed by atoms with Gasteiger partial charge in [0.05, 0.1) is 16.5 Å². The van der Waals surface area contributed by atoms with Crippen LogP contribution in [-0.4, -0.2) is 39.7 Å². The number of carboxylic acid groups (broad SMARTS) is 1. The molecule has 0 aliphatic carbocycles. The molecule has 4 nitrogen and oxygen atoms in total. The van der Waals surface area contributed by atoms with Gasteiger partial charge in [0.2, 0.25) is 5.91 Å². The van der Waals surface area contributed by atoms with E-state index in [-0.39, 0.29) is 24.4 Å². The van der Waals surface area contributed by atoms with Gasteiger partial charge in [0.1, 0.15) is 0 Å². The van der Waals surface area contributed by atoms with Gasteiger partial charge in [0.25, 0.3) is 0 Å². The Morgan fingerprint density at radius 3 is 2.52 bits per heavy atom. The zero-order valence-electron chi connectivity index (χ0n) is 12.4. The summed E-state index contributed by atoms with van der Waals surface area (Å²) in [6.07, 6.45) is -0.0335. The first-order valence-corrected chi connectivity index (χ1v) is 8.89. The summed E-state index contributed by atoms with van der Waals surface area (Å²) in [7, 11) is 0. The van der Waals surface area contributed by atoms with Crippen molar-refractivity contribution in [1.82, 2.24) is 4.90 Å². The number of rotatable bonds is 7. The van der Waals surface area contributed by atoms with Gasteiger partial charge < -0.3 is 10.0 Å². The second-order valence-corrected chi connectivity index (χ2v) is 8.34. The minimum Gasteiger partial charge on any atom is -0.481 e. The van der Waals surface area contributed by atoms with Crippen molar-refractivity contribution in [2.24, 2.45) is 0 Å². The van der Waals surface area contributed by atoms with Gasteiger partial charge in [-0.25, -0.2) is 0 Å². The van der Waals surface area contributed by atoms with Crippen molar-refractivity contribution >= 4 is 46.6 Å². The molecule has 118 valence electrons. The summed E-state index contributed by atoms with van der Waals surface area (Å²) >= 11 is 8.89. The number of thiophene rings is 1. The van der Waals surface area contributed by atoms with E-state index in [1.54, 1.807) is 4.90 Å². The molecule has 0 spiro atoms. The van der Waals surface area contributed by atoms with Crippen molar-refractivity contribution in [2.45, 2.75) is 38.5 Å². The van der Waals surface area contributed by atoms with Crippen LogP contribution in [0.4, 0.5) is 0 Å². The number of halogens is 1. The first-order valence-electron chi connectivity index (χ1n) is 6.54. The number of aliphatic carboxylic acids is 1. The van der Waals surface area contributed by atoms with E-state index in [0.717, 1.165) is 15.0 Å². The smallest absolute Gasteiger partial charge is 0.305 e. The Hall–Kier alpha value is -0.720. The van der Waals surface area contributed by atoms with Gasteiger partial charge in [-0.3, -0.25) is 9.59 Å². The molecule has 0 bridgehead atoms. The first-order chi connectivity index (χ1) is 9.70. The molecule has 0 atom stereocenters. The first kappa shape index (κ1) is 18.3. The zero-order chi connectivity index (χ0) is 16.0. The van der Waals surface area contributed by atoms with Crippen LogP contribution in [0.2, 0.25) is 4.34 Å². The van der Waals surface area contributed by atoms with E-state index < -0.39 is 5.97 Å². The quantitative estimate of drug-likeness (QED) is 0.814. The highest BCUT2D eigenvalue weighted by Gasteiger charge is 2.26. The van der Waals surface area contributed by atoms with Gasteiger partial charge >= 0.3 is 5.97 Å². The fourth-order valence-electron chi connectivity index (χ4n) is 1.79. The molecular weight excluding hydrogens is 330 g/mol. The molecule has 0 aliphatic rings. The highest BCUT2D eigenvalue weighted by molar-refractivity contribution is 7.99. The van der Waals surface area contributed by atoms with Crippen molar-refractivity contribution < 1.29 is 14.7 Å². The van der Waals surface area contributed by atoms with Crippen LogP contribution in [0, 0.1) is 0 Å². The molecule has 0 saturated carbocycles. The predicted molar refractivity (Wildman–Crippen MR) is 89.2 cm³/mol. The van der Waals surface area contributed by atoms with Gasteiger partial charge in [-0.05, 0) is 32.9 Å². The largest absolute Gasteiger partial charge is 0.481 e. The number of carbonyl (C=O) groups excluding carboxylic acids is 1. The summed E-state index contributed by atoms with van der Waals surface area (Å²) in [4.78, 5) is 25.8. The lowest BCUT2D eigenvalue weighted by atomic mass is 10.1. The van der Waals surface area contributed by atoms with Crippen molar-refractivity contribution in [3.63, 3.8) is 0 Å². The fourth-order valence-corrected chi connectivity index (χ4v) is 3.89. The normalized spacial score (nSPS) is 11.4. The van der Waals surface area contributed by atoms with E-state index in [1.807, 2.05) is 32.9 Å². The van der Waals surface area contributed by atoms with Gasteiger partial charge in [-0.15, -0.1) is 23.1 Å². The minimum absolute atomic E-state index is 0.0311. The molecule has 1 rings (SSSR count). The Morgan fingerprint density at radius 2 is 2.05 bits per heavy atom. The maximum atomic E-state index is 12.3. The standard InChI is InChI=1S/C14H20ClNO3S2/c1-14(2,3)16(7-6-13(18)19)12(17)9-20-8-10-4-5-11(15)21-10/h4-5H,6-9H2,1-3H3,(H,18,19). The number of nitrogens with zero attached hydrogens (tertiary/aromatic N) is 1. The van der Waals surface area contributed by atoms with Crippen LogP contribution < -0.4 is 0 Å². The van der Waals surface area contributed by atoms with Crippen molar-refractivity contribution in [3.05, 3.63) is 21.3 Å². The molecule has 1 aromatic heterocycles. The van der Waals surface area contributed by atoms with Crippen LogP contribution in [0.5, 0.6) is 0 Å². The molecule has 1 N–H and O–H groups in total. The molecule has 0 unspecified atom stereocenters. The Balaban J connectivity index is 2.50. The van der Waals surface area contributed by atoms with Crippen LogP contribution in [0.15, 0.2) is 12.1 Å². The molecule has 0 saturated heterocycles. The molecule has 1 heterocycles. The molecule has 7 heteroatoms. The average molecular weight is 350 g/mol. The minimum atomic E-state index is -0.891. The molecule has 0 fully saturated rings. The van der Waals surface area contributed by atoms with E-state index >= 15 is 0 Å². The summed E-state index contributed by atoms with van der Waals surface area (Å²) < 4.78 is 0.745.